The van der Waals surface area contributed by atoms with E-state index in [0.29, 0.717) is 12.3 Å². The molecule has 0 saturated carbocycles. The van der Waals surface area contributed by atoms with Gasteiger partial charge in [0.1, 0.15) is 0 Å². The zero-order chi connectivity index (χ0) is 20.9. The predicted molar refractivity (Wildman–Crippen MR) is 115 cm³/mol. The second kappa shape index (κ2) is 8.59. The highest BCUT2D eigenvalue weighted by Crippen LogP contribution is 2.31. The Morgan fingerprint density at radius 2 is 1.97 bits per heavy atom. The first-order valence-corrected chi connectivity index (χ1v) is 9.57. The number of nitrogens with zero attached hydrogens (tertiary/aromatic N) is 3. The van der Waals surface area contributed by atoms with E-state index in [2.05, 4.69) is 24.0 Å². The first-order chi connectivity index (χ1) is 14.0. The van der Waals surface area contributed by atoms with Crippen molar-refractivity contribution in [1.82, 2.24) is 4.98 Å². The Morgan fingerprint density at radius 3 is 2.66 bits per heavy atom. The monoisotopic (exact) mass is 381 g/mol. The van der Waals surface area contributed by atoms with Gasteiger partial charge in [0.2, 0.25) is 5.88 Å². The second-order valence-corrected chi connectivity index (χ2v) is 7.25. The van der Waals surface area contributed by atoms with E-state index in [4.69, 9.17) is 10.00 Å². The van der Waals surface area contributed by atoms with Crippen molar-refractivity contribution in [3.8, 4) is 18.0 Å². The number of allylic oxidation sites excluding steroid dienone is 1. The number of ether oxygens (including phenoxy) is 1. The molecule has 3 rings (SSSR count). The van der Waals surface area contributed by atoms with Gasteiger partial charge in [-0.3, -0.25) is 0 Å². The van der Waals surface area contributed by atoms with E-state index in [-0.39, 0.29) is 0 Å². The highest BCUT2D eigenvalue weighted by atomic mass is 16.5. The molecule has 0 aliphatic heterocycles. The van der Waals surface area contributed by atoms with Gasteiger partial charge in [-0.15, -0.1) is 0 Å². The molecule has 0 N–H and O–H groups in total. The molecule has 1 atom stereocenters. The van der Waals surface area contributed by atoms with Crippen LogP contribution in [-0.2, 0) is 18.3 Å². The zero-order valence-electron chi connectivity index (χ0n) is 16.9. The Kier molecular flexibility index (Phi) is 5.96. The summed E-state index contributed by atoms with van der Waals surface area (Å²) in [7, 11) is 1.63. The molecule has 1 unspecified atom stereocenters. The summed E-state index contributed by atoms with van der Waals surface area (Å²) in [4.78, 5) is 4.66. The van der Waals surface area contributed by atoms with Crippen molar-refractivity contribution in [2.75, 3.05) is 7.11 Å². The van der Waals surface area contributed by atoms with Gasteiger partial charge in [0.25, 0.3) is 0 Å². The van der Waals surface area contributed by atoms with Crippen LogP contribution in [-0.4, -0.2) is 12.1 Å². The van der Waals surface area contributed by atoms with Crippen molar-refractivity contribution >= 4 is 17.0 Å². The molecule has 1 heterocycles. The average Bonchev–Trinajstić information content (AvgIpc) is 2.76. The smallest absolute Gasteiger partial charge is 0.216 e. The van der Waals surface area contributed by atoms with Crippen molar-refractivity contribution in [3.05, 3.63) is 76.9 Å². The lowest BCUT2D eigenvalue weighted by atomic mass is 9.78. The second-order valence-electron chi connectivity index (χ2n) is 7.25. The van der Waals surface area contributed by atoms with Gasteiger partial charge in [-0.1, -0.05) is 43.3 Å². The summed E-state index contributed by atoms with van der Waals surface area (Å²) in [6.07, 6.45) is 4.63. The normalized spacial score (nSPS) is 13.0. The molecule has 0 saturated heterocycles. The number of fused-ring (bicyclic) bond motifs is 1. The Hall–Kier alpha value is -3.63. The number of pyridine rings is 1. The van der Waals surface area contributed by atoms with Crippen LogP contribution in [0.15, 0.2) is 54.6 Å². The standard InChI is InChI=1S/C25H23N3O/c1-4-20-14-21-10-11-22(15-23(21)28-24(20)29-3)25(2,17-27)16-19-8-5-7-18(13-19)9-6-12-26/h5-11,13-15H,4,16H2,1-3H3. The summed E-state index contributed by atoms with van der Waals surface area (Å²) in [5, 5.41) is 19.8. The third-order valence-corrected chi connectivity index (χ3v) is 5.17. The van der Waals surface area contributed by atoms with Crippen LogP contribution in [0, 0.1) is 22.7 Å². The summed E-state index contributed by atoms with van der Waals surface area (Å²) in [6.45, 7) is 4.02. The van der Waals surface area contributed by atoms with Crippen molar-refractivity contribution in [2.24, 2.45) is 0 Å². The Morgan fingerprint density at radius 1 is 1.14 bits per heavy atom. The van der Waals surface area contributed by atoms with E-state index in [9.17, 15) is 5.26 Å². The van der Waals surface area contributed by atoms with Gasteiger partial charge in [0.15, 0.2) is 0 Å². The molecule has 0 bridgehead atoms. The lowest BCUT2D eigenvalue weighted by molar-refractivity contribution is 0.395. The molecule has 0 fully saturated rings. The summed E-state index contributed by atoms with van der Waals surface area (Å²) in [5.74, 6) is 0.632. The van der Waals surface area contributed by atoms with Crippen molar-refractivity contribution in [3.63, 3.8) is 0 Å². The first-order valence-electron chi connectivity index (χ1n) is 9.57. The van der Waals surface area contributed by atoms with Gasteiger partial charge < -0.3 is 4.74 Å². The first kappa shape index (κ1) is 20.1. The highest BCUT2D eigenvalue weighted by molar-refractivity contribution is 5.81. The Balaban J connectivity index is 2.00. The lowest BCUT2D eigenvalue weighted by Crippen LogP contribution is -2.23. The van der Waals surface area contributed by atoms with E-state index >= 15 is 0 Å². The van der Waals surface area contributed by atoms with Crippen molar-refractivity contribution in [1.29, 1.82) is 10.5 Å². The molecule has 1 aromatic heterocycles. The Bertz CT molecular complexity index is 1150. The summed E-state index contributed by atoms with van der Waals surface area (Å²) in [6, 6.07) is 20.5. The van der Waals surface area contributed by atoms with Gasteiger partial charge in [-0.2, -0.15) is 10.5 Å². The molecule has 144 valence electrons. The van der Waals surface area contributed by atoms with Crippen LogP contribution in [0.4, 0.5) is 0 Å². The van der Waals surface area contributed by atoms with Crippen LogP contribution in [0.1, 0.15) is 36.1 Å². The Labute approximate surface area is 171 Å². The van der Waals surface area contributed by atoms with Crippen LogP contribution in [0.5, 0.6) is 5.88 Å². The van der Waals surface area contributed by atoms with Crippen LogP contribution in [0.25, 0.3) is 17.0 Å². The van der Waals surface area contributed by atoms with Crippen LogP contribution in [0.3, 0.4) is 0 Å². The van der Waals surface area contributed by atoms with Crippen LogP contribution < -0.4 is 4.74 Å². The maximum atomic E-state index is 10.0. The molecule has 3 aromatic rings. The highest BCUT2D eigenvalue weighted by Gasteiger charge is 2.27. The van der Waals surface area contributed by atoms with E-state index in [0.717, 1.165) is 39.6 Å². The fourth-order valence-corrected chi connectivity index (χ4v) is 3.52. The van der Waals surface area contributed by atoms with Crippen molar-refractivity contribution < 1.29 is 4.74 Å². The van der Waals surface area contributed by atoms with E-state index < -0.39 is 5.41 Å². The number of nitriles is 2. The molecule has 2 aromatic carbocycles. The van der Waals surface area contributed by atoms with Crippen molar-refractivity contribution in [2.45, 2.75) is 32.1 Å². The number of hydrogen-bond acceptors (Lipinski definition) is 4. The minimum Gasteiger partial charge on any atom is -0.481 e. The quantitative estimate of drug-likeness (QED) is 0.539. The predicted octanol–water partition coefficient (Wildman–Crippen LogP) is 5.37. The number of hydrogen-bond donors (Lipinski definition) is 0. The third kappa shape index (κ3) is 4.28. The maximum Gasteiger partial charge on any atom is 0.216 e. The minimum absolute atomic E-state index is 0.563. The molecule has 0 spiro atoms. The fourth-order valence-electron chi connectivity index (χ4n) is 3.52. The zero-order valence-corrected chi connectivity index (χ0v) is 16.9. The van der Waals surface area contributed by atoms with Gasteiger partial charge >= 0.3 is 0 Å². The number of benzene rings is 2. The van der Waals surface area contributed by atoms with Gasteiger partial charge in [0, 0.05) is 17.0 Å². The molecule has 29 heavy (non-hydrogen) atoms. The lowest BCUT2D eigenvalue weighted by Gasteiger charge is -2.23. The average molecular weight is 381 g/mol. The van der Waals surface area contributed by atoms with E-state index in [1.165, 1.54) is 6.08 Å². The molecule has 0 aliphatic carbocycles. The molecule has 0 radical (unpaired) electrons. The van der Waals surface area contributed by atoms with E-state index in [1.54, 1.807) is 13.2 Å². The molecule has 4 heteroatoms. The number of aromatic nitrogens is 1. The molecule has 0 amide bonds. The largest absolute Gasteiger partial charge is 0.481 e. The summed E-state index contributed by atoms with van der Waals surface area (Å²) >= 11 is 0. The fraction of sp³-hybridized carbons (Fsp3) is 0.240. The van der Waals surface area contributed by atoms with Crippen LogP contribution in [0.2, 0.25) is 0 Å². The topological polar surface area (TPSA) is 69.7 Å². The van der Waals surface area contributed by atoms with Crippen LogP contribution >= 0.6 is 0 Å². The SMILES string of the molecule is CCc1cc2ccc(C(C)(C#N)Cc3cccc(C=CC#N)c3)cc2nc1OC. The van der Waals surface area contributed by atoms with E-state index in [1.807, 2.05) is 55.5 Å². The summed E-state index contributed by atoms with van der Waals surface area (Å²) < 4.78 is 5.43. The van der Waals surface area contributed by atoms with Gasteiger partial charge in [-0.25, -0.2) is 4.98 Å². The number of aryl methyl sites for hydroxylation is 1. The minimum atomic E-state index is -0.704. The molecule has 0 aliphatic rings. The maximum absolute atomic E-state index is 10.0. The molecule has 4 nitrogen and oxygen atoms in total. The molecular formula is C25H23N3O. The summed E-state index contributed by atoms with van der Waals surface area (Å²) in [5.41, 5.74) is 4.10. The van der Waals surface area contributed by atoms with Gasteiger partial charge in [0.05, 0.1) is 30.2 Å². The number of rotatable bonds is 6. The molecular weight excluding hydrogens is 358 g/mol. The third-order valence-electron chi connectivity index (χ3n) is 5.17. The number of methoxy groups -OCH3 is 1. The van der Waals surface area contributed by atoms with Gasteiger partial charge in [-0.05, 0) is 54.7 Å².